The Bertz CT molecular complexity index is 738. The van der Waals surface area contributed by atoms with Crippen LogP contribution in [0.3, 0.4) is 0 Å². The number of amides is 2. The Kier molecular flexibility index (Phi) is 4.26. The van der Waals surface area contributed by atoms with Crippen molar-refractivity contribution in [1.29, 1.82) is 5.26 Å². The number of hydrogen-bond donors (Lipinski definition) is 2. The molecule has 2 rings (SSSR count). The van der Waals surface area contributed by atoms with E-state index in [1.165, 1.54) is 36.4 Å². The van der Waals surface area contributed by atoms with Gasteiger partial charge in [0, 0.05) is 0 Å². The SMILES string of the molecule is N#Cc1ccccc1NC(=O)C(=O)Nc1ccccc1F. The van der Waals surface area contributed by atoms with E-state index in [4.69, 9.17) is 5.26 Å². The molecule has 0 aliphatic carbocycles. The van der Waals surface area contributed by atoms with Crippen LogP contribution in [0.1, 0.15) is 5.56 Å². The number of para-hydroxylation sites is 2. The highest BCUT2D eigenvalue weighted by Crippen LogP contribution is 2.15. The number of nitriles is 1. The first-order valence-electron chi connectivity index (χ1n) is 5.98. The molecule has 2 amide bonds. The summed E-state index contributed by atoms with van der Waals surface area (Å²) in [6, 6.07) is 13.6. The van der Waals surface area contributed by atoms with Crippen molar-refractivity contribution in [3.63, 3.8) is 0 Å². The molecule has 0 radical (unpaired) electrons. The summed E-state index contributed by atoms with van der Waals surface area (Å²) in [5, 5.41) is 13.4. The van der Waals surface area contributed by atoms with Crippen LogP contribution in [0.5, 0.6) is 0 Å². The molecule has 0 aliphatic rings. The fourth-order valence-electron chi connectivity index (χ4n) is 1.61. The highest BCUT2D eigenvalue weighted by Gasteiger charge is 2.16. The number of benzene rings is 2. The van der Waals surface area contributed by atoms with E-state index >= 15 is 0 Å². The Morgan fingerprint density at radius 2 is 1.43 bits per heavy atom. The molecule has 0 saturated heterocycles. The lowest BCUT2D eigenvalue weighted by molar-refractivity contribution is -0.133. The molecule has 104 valence electrons. The van der Waals surface area contributed by atoms with E-state index in [1.54, 1.807) is 12.1 Å². The average Bonchev–Trinajstić information content (AvgIpc) is 2.50. The number of anilines is 2. The maximum Gasteiger partial charge on any atom is 0.314 e. The zero-order valence-electron chi connectivity index (χ0n) is 10.8. The highest BCUT2D eigenvalue weighted by molar-refractivity contribution is 6.43. The van der Waals surface area contributed by atoms with E-state index in [-0.39, 0.29) is 16.9 Å². The molecule has 0 heterocycles. The van der Waals surface area contributed by atoms with Gasteiger partial charge in [-0.1, -0.05) is 24.3 Å². The van der Waals surface area contributed by atoms with Crippen molar-refractivity contribution in [3.05, 3.63) is 59.9 Å². The predicted octanol–water partition coefficient (Wildman–Crippen LogP) is 2.27. The number of halogens is 1. The van der Waals surface area contributed by atoms with Crippen molar-refractivity contribution >= 4 is 23.2 Å². The monoisotopic (exact) mass is 283 g/mol. The van der Waals surface area contributed by atoms with Crippen LogP contribution in [0.15, 0.2) is 48.5 Å². The molecular weight excluding hydrogens is 273 g/mol. The fraction of sp³-hybridized carbons (Fsp3) is 0. The van der Waals surface area contributed by atoms with Crippen LogP contribution in [0.2, 0.25) is 0 Å². The van der Waals surface area contributed by atoms with Crippen molar-refractivity contribution in [3.8, 4) is 6.07 Å². The van der Waals surface area contributed by atoms with Crippen LogP contribution in [-0.2, 0) is 9.59 Å². The number of rotatable bonds is 2. The van der Waals surface area contributed by atoms with Crippen molar-refractivity contribution < 1.29 is 14.0 Å². The summed E-state index contributed by atoms with van der Waals surface area (Å²) < 4.78 is 13.4. The molecule has 5 nitrogen and oxygen atoms in total. The lowest BCUT2D eigenvalue weighted by atomic mass is 10.2. The first-order chi connectivity index (χ1) is 10.1. The first-order valence-corrected chi connectivity index (χ1v) is 5.98. The van der Waals surface area contributed by atoms with Crippen LogP contribution < -0.4 is 10.6 Å². The molecule has 0 aromatic heterocycles. The standard InChI is InChI=1S/C15H10FN3O2/c16-11-6-2-4-8-13(11)19-15(21)14(20)18-12-7-3-1-5-10(12)9-17/h1-8H,(H,18,20)(H,19,21). The largest absolute Gasteiger partial charge is 0.317 e. The maximum atomic E-state index is 13.4. The van der Waals surface area contributed by atoms with Gasteiger partial charge in [0.05, 0.1) is 16.9 Å². The van der Waals surface area contributed by atoms with Gasteiger partial charge in [0.15, 0.2) is 0 Å². The lowest BCUT2D eigenvalue weighted by Crippen LogP contribution is -2.29. The molecule has 6 heteroatoms. The Labute approximate surface area is 120 Å². The third-order valence-corrected chi connectivity index (χ3v) is 2.62. The van der Waals surface area contributed by atoms with Gasteiger partial charge in [0.1, 0.15) is 11.9 Å². The van der Waals surface area contributed by atoms with E-state index in [0.29, 0.717) is 0 Å². The van der Waals surface area contributed by atoms with Crippen molar-refractivity contribution in [2.24, 2.45) is 0 Å². The van der Waals surface area contributed by atoms with Crippen LogP contribution >= 0.6 is 0 Å². The third kappa shape index (κ3) is 3.42. The number of carbonyl (C=O) groups is 2. The first kappa shape index (κ1) is 14.2. The summed E-state index contributed by atoms with van der Waals surface area (Å²) >= 11 is 0. The van der Waals surface area contributed by atoms with Crippen molar-refractivity contribution in [1.82, 2.24) is 0 Å². The van der Waals surface area contributed by atoms with Crippen molar-refractivity contribution in [2.45, 2.75) is 0 Å². The molecule has 21 heavy (non-hydrogen) atoms. The summed E-state index contributed by atoms with van der Waals surface area (Å²) in [7, 11) is 0. The minimum Gasteiger partial charge on any atom is -0.317 e. The lowest BCUT2D eigenvalue weighted by Gasteiger charge is -2.08. The second kappa shape index (κ2) is 6.30. The Balaban J connectivity index is 2.09. The van der Waals surface area contributed by atoms with Crippen molar-refractivity contribution in [2.75, 3.05) is 10.6 Å². The number of hydrogen-bond acceptors (Lipinski definition) is 3. The topological polar surface area (TPSA) is 82.0 Å². The average molecular weight is 283 g/mol. The van der Waals surface area contributed by atoms with Gasteiger partial charge >= 0.3 is 11.8 Å². The normalized spacial score (nSPS) is 9.52. The molecule has 0 unspecified atom stereocenters. The molecule has 2 aromatic carbocycles. The Morgan fingerprint density at radius 1 is 0.905 bits per heavy atom. The molecule has 2 N–H and O–H groups in total. The molecule has 0 saturated carbocycles. The molecule has 0 bridgehead atoms. The molecule has 0 aliphatic heterocycles. The van der Waals surface area contributed by atoms with Gasteiger partial charge in [-0.3, -0.25) is 9.59 Å². The summed E-state index contributed by atoms with van der Waals surface area (Å²) in [6.07, 6.45) is 0. The molecule has 0 atom stereocenters. The number of nitrogens with one attached hydrogen (secondary N) is 2. The van der Waals surface area contributed by atoms with E-state index in [1.807, 2.05) is 6.07 Å². The van der Waals surface area contributed by atoms with E-state index < -0.39 is 17.6 Å². The van der Waals surface area contributed by atoms with Crippen LogP contribution in [0.4, 0.5) is 15.8 Å². The number of nitrogens with zero attached hydrogens (tertiary/aromatic N) is 1. The highest BCUT2D eigenvalue weighted by atomic mass is 19.1. The fourth-order valence-corrected chi connectivity index (χ4v) is 1.61. The van der Waals surface area contributed by atoms with Gasteiger partial charge in [0.25, 0.3) is 0 Å². The molecule has 0 fully saturated rings. The second-order valence-electron chi connectivity index (χ2n) is 4.05. The summed E-state index contributed by atoms with van der Waals surface area (Å²) in [5.74, 6) is -2.65. The smallest absolute Gasteiger partial charge is 0.314 e. The summed E-state index contributed by atoms with van der Waals surface area (Å²) in [6.45, 7) is 0. The van der Waals surface area contributed by atoms with E-state index in [0.717, 1.165) is 0 Å². The van der Waals surface area contributed by atoms with Gasteiger partial charge in [-0.25, -0.2) is 4.39 Å². The van der Waals surface area contributed by atoms with Crippen LogP contribution in [-0.4, -0.2) is 11.8 Å². The zero-order valence-corrected chi connectivity index (χ0v) is 10.8. The van der Waals surface area contributed by atoms with Gasteiger partial charge < -0.3 is 10.6 Å². The number of carbonyl (C=O) groups excluding carboxylic acids is 2. The zero-order chi connectivity index (χ0) is 15.2. The predicted molar refractivity (Wildman–Crippen MR) is 74.8 cm³/mol. The molecule has 2 aromatic rings. The third-order valence-electron chi connectivity index (χ3n) is 2.62. The van der Waals surface area contributed by atoms with Gasteiger partial charge in [-0.05, 0) is 24.3 Å². The van der Waals surface area contributed by atoms with Crippen LogP contribution in [0, 0.1) is 17.1 Å². The maximum absolute atomic E-state index is 13.4. The van der Waals surface area contributed by atoms with Gasteiger partial charge in [-0.15, -0.1) is 0 Å². The Hall–Kier alpha value is -3.20. The van der Waals surface area contributed by atoms with E-state index in [9.17, 15) is 14.0 Å². The summed E-state index contributed by atoms with van der Waals surface area (Å²) in [4.78, 5) is 23.4. The minimum atomic E-state index is -1.02. The van der Waals surface area contributed by atoms with E-state index in [2.05, 4.69) is 10.6 Å². The van der Waals surface area contributed by atoms with Gasteiger partial charge in [-0.2, -0.15) is 5.26 Å². The Morgan fingerprint density at radius 3 is 2.05 bits per heavy atom. The second-order valence-corrected chi connectivity index (χ2v) is 4.05. The van der Waals surface area contributed by atoms with Gasteiger partial charge in [0.2, 0.25) is 0 Å². The minimum absolute atomic E-state index is 0.0915. The molecule has 0 spiro atoms. The molecular formula is C15H10FN3O2. The van der Waals surface area contributed by atoms with Crippen LogP contribution in [0.25, 0.3) is 0 Å². The summed E-state index contributed by atoms with van der Waals surface area (Å²) in [5.41, 5.74) is 0.351. The quantitative estimate of drug-likeness (QED) is 0.829.